The molecular formula is C36H45F2N5O2. The van der Waals surface area contributed by atoms with Crippen LogP contribution in [-0.4, -0.2) is 71.4 Å². The maximum atomic E-state index is 17.0. The van der Waals surface area contributed by atoms with E-state index in [1.807, 2.05) is 33.8 Å². The summed E-state index contributed by atoms with van der Waals surface area (Å²) in [6.45, 7) is 13.7. The van der Waals surface area contributed by atoms with Crippen LogP contribution in [-0.2, 0) is 12.8 Å². The van der Waals surface area contributed by atoms with Crippen LogP contribution in [0.2, 0.25) is 0 Å². The van der Waals surface area contributed by atoms with Crippen molar-refractivity contribution in [2.24, 2.45) is 0 Å². The molecule has 3 fully saturated rings. The van der Waals surface area contributed by atoms with Crippen LogP contribution >= 0.6 is 0 Å². The van der Waals surface area contributed by atoms with Crippen LogP contribution in [0.4, 0.5) is 14.6 Å². The number of halogens is 2. The zero-order valence-electron chi connectivity index (χ0n) is 27.0. The average Bonchev–Trinajstić information content (AvgIpc) is 3.66. The lowest BCUT2D eigenvalue weighted by molar-refractivity contribution is 0.108. The number of aryl methyl sites for hydroxylation is 2. The molecule has 3 aliphatic heterocycles. The highest BCUT2D eigenvalue weighted by Crippen LogP contribution is 2.43. The van der Waals surface area contributed by atoms with E-state index in [9.17, 15) is 5.11 Å². The molecule has 7 rings (SSSR count). The Labute approximate surface area is 264 Å². The first kappa shape index (κ1) is 31.4. The number of fused-ring (bicyclic) bond motifs is 3. The first-order chi connectivity index (χ1) is 21.9. The fourth-order valence-electron chi connectivity index (χ4n) is 7.68. The van der Waals surface area contributed by atoms with Crippen molar-refractivity contribution in [1.82, 2.24) is 20.2 Å². The minimum atomic E-state index is -0.518. The zero-order valence-corrected chi connectivity index (χ0v) is 27.0. The lowest BCUT2D eigenvalue weighted by atomic mass is 9.90. The predicted molar refractivity (Wildman–Crippen MR) is 178 cm³/mol. The summed E-state index contributed by atoms with van der Waals surface area (Å²) in [5.41, 5.74) is 2.34. The second-order valence-electron chi connectivity index (χ2n) is 12.2. The molecule has 45 heavy (non-hydrogen) atoms. The molecule has 240 valence electrons. The minimum Gasteiger partial charge on any atom is -0.508 e. The number of aromatic nitrogens is 2. The molecule has 3 aliphatic rings. The Balaban J connectivity index is 0.00000175. The molecule has 3 saturated heterocycles. The number of nitrogens with zero attached hydrogens (tertiary/aromatic N) is 4. The molecule has 1 aromatic heterocycles. The van der Waals surface area contributed by atoms with Crippen molar-refractivity contribution in [3.63, 3.8) is 0 Å². The number of ether oxygens (including phenoxy) is 1. The maximum Gasteiger partial charge on any atom is 0.319 e. The van der Waals surface area contributed by atoms with E-state index >= 15 is 8.78 Å². The van der Waals surface area contributed by atoms with Gasteiger partial charge in [-0.05, 0) is 103 Å². The van der Waals surface area contributed by atoms with Crippen LogP contribution in [0.5, 0.6) is 11.8 Å². The van der Waals surface area contributed by atoms with Gasteiger partial charge in [0.05, 0.1) is 5.54 Å². The monoisotopic (exact) mass is 617 g/mol. The fourth-order valence-corrected chi connectivity index (χ4v) is 7.68. The third-order valence-corrected chi connectivity index (χ3v) is 9.83. The Morgan fingerprint density at radius 2 is 1.64 bits per heavy atom. The standard InChI is InChI=1S/C34H39F2N5O2.C2H6/c1-3-21-18-26(25-19-23(42)17-22-7-8-27(35)24(4-2)28(22)25)30(36)31-29(21)32(40-15-11-37-12-16-40)39-33(38-31)43-20-34-9-5-13-41(34)14-6-10-34;1-2/h7-8,17-19,37,42H,3-6,9-16,20H2,1-2H3;1-2H3. The molecule has 0 amide bonds. The molecule has 3 aromatic carbocycles. The van der Waals surface area contributed by atoms with Gasteiger partial charge in [0, 0.05) is 37.1 Å². The van der Waals surface area contributed by atoms with Crippen LogP contribution in [0.15, 0.2) is 30.3 Å². The van der Waals surface area contributed by atoms with Crippen molar-refractivity contribution in [2.45, 2.75) is 71.8 Å². The van der Waals surface area contributed by atoms with Crippen molar-refractivity contribution in [3.8, 4) is 22.9 Å². The van der Waals surface area contributed by atoms with E-state index in [4.69, 9.17) is 14.7 Å². The molecule has 7 nitrogen and oxygen atoms in total. The third kappa shape index (κ3) is 5.58. The molecule has 0 unspecified atom stereocenters. The molecule has 0 aliphatic carbocycles. The van der Waals surface area contributed by atoms with Crippen molar-refractivity contribution < 1.29 is 18.6 Å². The number of phenolic OH excluding ortho intramolecular Hbond substituents is 1. The van der Waals surface area contributed by atoms with Crippen molar-refractivity contribution >= 4 is 27.5 Å². The van der Waals surface area contributed by atoms with Crippen LogP contribution in [0.1, 0.15) is 64.5 Å². The Morgan fingerprint density at radius 1 is 0.911 bits per heavy atom. The van der Waals surface area contributed by atoms with Gasteiger partial charge >= 0.3 is 6.01 Å². The first-order valence-corrected chi connectivity index (χ1v) is 16.7. The summed E-state index contributed by atoms with van der Waals surface area (Å²) >= 11 is 0. The summed E-state index contributed by atoms with van der Waals surface area (Å²) in [6, 6.07) is 8.20. The summed E-state index contributed by atoms with van der Waals surface area (Å²) in [5, 5.41) is 16.0. The second kappa shape index (κ2) is 13.0. The van der Waals surface area contributed by atoms with Gasteiger partial charge in [0.2, 0.25) is 0 Å². The highest BCUT2D eigenvalue weighted by Gasteiger charge is 2.45. The van der Waals surface area contributed by atoms with E-state index < -0.39 is 5.82 Å². The third-order valence-electron chi connectivity index (χ3n) is 9.83. The predicted octanol–water partition coefficient (Wildman–Crippen LogP) is 7.00. The molecule has 0 atom stereocenters. The highest BCUT2D eigenvalue weighted by molar-refractivity contribution is 6.04. The summed E-state index contributed by atoms with van der Waals surface area (Å²) in [7, 11) is 0. The van der Waals surface area contributed by atoms with E-state index in [1.165, 1.54) is 12.1 Å². The molecule has 0 bridgehead atoms. The molecule has 0 radical (unpaired) electrons. The van der Waals surface area contributed by atoms with E-state index in [1.54, 1.807) is 12.1 Å². The van der Waals surface area contributed by atoms with Crippen molar-refractivity contribution in [3.05, 3.63) is 53.1 Å². The quantitative estimate of drug-likeness (QED) is 0.231. The van der Waals surface area contributed by atoms with Crippen LogP contribution < -0.4 is 15.0 Å². The molecule has 0 saturated carbocycles. The van der Waals surface area contributed by atoms with Crippen molar-refractivity contribution in [1.29, 1.82) is 0 Å². The van der Waals surface area contributed by atoms with E-state index in [2.05, 4.69) is 15.1 Å². The Bertz CT molecular complexity index is 1700. The lowest BCUT2D eigenvalue weighted by Gasteiger charge is -2.32. The van der Waals surface area contributed by atoms with Gasteiger partial charge in [0.1, 0.15) is 29.5 Å². The van der Waals surface area contributed by atoms with Gasteiger partial charge in [-0.15, -0.1) is 0 Å². The van der Waals surface area contributed by atoms with Crippen molar-refractivity contribution in [2.75, 3.05) is 50.8 Å². The number of piperazine rings is 1. The summed E-state index contributed by atoms with van der Waals surface area (Å²) < 4.78 is 38.4. The lowest BCUT2D eigenvalue weighted by Crippen LogP contribution is -2.44. The number of nitrogens with one attached hydrogen (secondary N) is 1. The van der Waals surface area contributed by atoms with Crippen LogP contribution in [0, 0.1) is 11.6 Å². The van der Waals surface area contributed by atoms with Gasteiger partial charge in [0.25, 0.3) is 0 Å². The molecule has 0 spiro atoms. The van der Waals surface area contributed by atoms with E-state index in [0.717, 1.165) is 70.5 Å². The number of hydrogen-bond acceptors (Lipinski definition) is 7. The summed E-state index contributed by atoms with van der Waals surface area (Å²) in [4.78, 5) is 14.4. The normalized spacial score (nSPS) is 17.9. The Kier molecular flexibility index (Phi) is 9.11. The van der Waals surface area contributed by atoms with E-state index in [-0.39, 0.29) is 34.2 Å². The van der Waals surface area contributed by atoms with Gasteiger partial charge in [-0.1, -0.05) is 33.8 Å². The average molecular weight is 618 g/mol. The molecule has 9 heteroatoms. The molecule has 2 N–H and O–H groups in total. The maximum absolute atomic E-state index is 17.0. The molecule has 4 heterocycles. The van der Waals surface area contributed by atoms with Gasteiger partial charge in [-0.3, -0.25) is 4.90 Å². The SMILES string of the molecule is CC.CCc1c(F)ccc2cc(O)cc(-c3cc(CC)c4c(N5CCNCC5)nc(OCC56CCCN5CCC6)nc4c3F)c12. The Morgan fingerprint density at radius 3 is 2.33 bits per heavy atom. The summed E-state index contributed by atoms with van der Waals surface area (Å²) in [6.07, 6.45) is 5.54. The second-order valence-corrected chi connectivity index (χ2v) is 12.2. The first-order valence-electron chi connectivity index (χ1n) is 16.7. The van der Waals surface area contributed by atoms with Crippen LogP contribution in [0.25, 0.3) is 32.8 Å². The zero-order chi connectivity index (χ0) is 31.7. The number of rotatable bonds is 7. The van der Waals surface area contributed by atoms with Crippen LogP contribution in [0.3, 0.4) is 0 Å². The number of phenols is 1. The fraction of sp³-hybridized carbons (Fsp3) is 0.500. The minimum absolute atomic E-state index is 0.00106. The smallest absolute Gasteiger partial charge is 0.319 e. The summed E-state index contributed by atoms with van der Waals surface area (Å²) in [5.74, 6) is -0.170. The molecule has 4 aromatic rings. The van der Waals surface area contributed by atoms with Gasteiger partial charge < -0.3 is 20.1 Å². The number of anilines is 1. The number of benzene rings is 3. The van der Waals surface area contributed by atoms with E-state index in [0.29, 0.717) is 52.6 Å². The van der Waals surface area contributed by atoms with Gasteiger partial charge in [-0.25, -0.2) is 8.78 Å². The van der Waals surface area contributed by atoms with Gasteiger partial charge in [0.15, 0.2) is 5.82 Å². The molecular weight excluding hydrogens is 572 g/mol. The largest absolute Gasteiger partial charge is 0.508 e. The van der Waals surface area contributed by atoms with Gasteiger partial charge in [-0.2, -0.15) is 9.97 Å². The topological polar surface area (TPSA) is 73.8 Å². The number of aromatic hydroxyl groups is 1. The number of hydrogen-bond donors (Lipinski definition) is 2. The highest BCUT2D eigenvalue weighted by atomic mass is 19.1. The Hall–Kier alpha value is -3.56.